The highest BCUT2D eigenvalue weighted by molar-refractivity contribution is 7.19. The molecule has 1 fully saturated rings. The summed E-state index contributed by atoms with van der Waals surface area (Å²) in [4.78, 5) is 5.61. The second-order valence-electron chi connectivity index (χ2n) is 7.30. The third-order valence-electron chi connectivity index (χ3n) is 5.24. The number of hydrogen-bond donors (Lipinski definition) is 1. The third-order valence-corrected chi connectivity index (χ3v) is 6.21. The highest BCUT2D eigenvalue weighted by atomic mass is 32.1. The number of benzene rings is 1. The van der Waals surface area contributed by atoms with Crippen molar-refractivity contribution < 1.29 is 8.78 Å². The molecule has 1 N–H and O–H groups in total. The van der Waals surface area contributed by atoms with Crippen LogP contribution in [0.25, 0.3) is 26.4 Å². The van der Waals surface area contributed by atoms with Crippen molar-refractivity contribution in [2.45, 2.75) is 31.6 Å². The van der Waals surface area contributed by atoms with E-state index in [1.54, 1.807) is 17.8 Å². The summed E-state index contributed by atoms with van der Waals surface area (Å²) in [6.07, 6.45) is 3.31. The number of hydrogen-bond acceptors (Lipinski definition) is 5. The molecule has 0 amide bonds. The minimum atomic E-state index is -2.42. The number of aryl methyl sites for hydroxylation is 1. The Kier molecular flexibility index (Phi) is 4.36. The van der Waals surface area contributed by atoms with E-state index in [0.29, 0.717) is 17.0 Å². The Balaban J connectivity index is 1.53. The lowest BCUT2D eigenvalue weighted by molar-refractivity contribution is 0.149. The largest absolute Gasteiger partial charge is 0.317 e. The fourth-order valence-corrected chi connectivity index (χ4v) is 4.80. The molecule has 0 bridgehead atoms. The van der Waals surface area contributed by atoms with Crippen molar-refractivity contribution in [2.75, 3.05) is 13.1 Å². The second-order valence-corrected chi connectivity index (χ2v) is 8.25. The van der Waals surface area contributed by atoms with Gasteiger partial charge in [-0.3, -0.25) is 4.68 Å². The standard InChI is InChI=1S/C19H20F2N6S/c1-26-9-14-7-13(6-12(8-16(20)21)17(14)24-26)18-25-27-10-15(23-19(27)28-18)11-2-4-22-5-3-11/h6-7,9-11,16,22H,2-5,8H2,1H3. The van der Waals surface area contributed by atoms with Gasteiger partial charge in [-0.2, -0.15) is 10.2 Å². The average Bonchev–Trinajstić information content (AvgIpc) is 3.33. The first-order valence-corrected chi connectivity index (χ1v) is 10.2. The number of imidazole rings is 1. The molecular weight excluding hydrogens is 382 g/mol. The minimum absolute atomic E-state index is 0.316. The summed E-state index contributed by atoms with van der Waals surface area (Å²) in [6, 6.07) is 3.75. The van der Waals surface area contributed by atoms with Gasteiger partial charge in [0.25, 0.3) is 0 Å². The number of nitrogens with zero attached hydrogens (tertiary/aromatic N) is 5. The molecule has 1 saturated heterocycles. The maximum Gasteiger partial charge on any atom is 0.242 e. The third kappa shape index (κ3) is 3.18. The Hall–Kier alpha value is -2.39. The zero-order valence-corrected chi connectivity index (χ0v) is 16.2. The van der Waals surface area contributed by atoms with E-state index >= 15 is 0 Å². The van der Waals surface area contributed by atoms with Crippen LogP contribution in [0.5, 0.6) is 0 Å². The lowest BCUT2D eigenvalue weighted by Crippen LogP contribution is -2.26. The maximum absolute atomic E-state index is 13.1. The topological polar surface area (TPSA) is 60.0 Å². The maximum atomic E-state index is 13.1. The van der Waals surface area contributed by atoms with Gasteiger partial charge in [-0.25, -0.2) is 18.3 Å². The second kappa shape index (κ2) is 6.89. The van der Waals surface area contributed by atoms with Gasteiger partial charge in [0.2, 0.25) is 11.4 Å². The molecule has 4 heterocycles. The van der Waals surface area contributed by atoms with Crippen molar-refractivity contribution in [1.82, 2.24) is 29.7 Å². The summed E-state index contributed by atoms with van der Waals surface area (Å²) >= 11 is 1.49. The lowest BCUT2D eigenvalue weighted by atomic mass is 9.95. The zero-order valence-electron chi connectivity index (χ0n) is 15.4. The Morgan fingerprint density at radius 3 is 2.79 bits per heavy atom. The van der Waals surface area contributed by atoms with E-state index in [4.69, 9.17) is 4.98 Å². The molecule has 0 aliphatic carbocycles. The molecule has 1 aliphatic heterocycles. The summed E-state index contributed by atoms with van der Waals surface area (Å²) in [7, 11) is 1.80. The normalized spacial score (nSPS) is 16.0. The van der Waals surface area contributed by atoms with Gasteiger partial charge in [0.15, 0.2) is 0 Å². The molecule has 28 heavy (non-hydrogen) atoms. The molecule has 4 aromatic rings. The molecule has 6 nitrogen and oxygen atoms in total. The van der Waals surface area contributed by atoms with E-state index in [2.05, 4.69) is 15.5 Å². The molecule has 9 heteroatoms. The number of aromatic nitrogens is 5. The average molecular weight is 402 g/mol. The molecule has 0 saturated carbocycles. The van der Waals surface area contributed by atoms with Crippen LogP contribution in [0.4, 0.5) is 8.78 Å². The van der Waals surface area contributed by atoms with Crippen LogP contribution >= 0.6 is 11.3 Å². The van der Waals surface area contributed by atoms with Gasteiger partial charge in [0, 0.05) is 36.5 Å². The van der Waals surface area contributed by atoms with Crippen LogP contribution in [-0.2, 0) is 13.5 Å². The van der Waals surface area contributed by atoms with Gasteiger partial charge in [0.05, 0.1) is 17.4 Å². The number of fused-ring (bicyclic) bond motifs is 2. The summed E-state index contributed by atoms with van der Waals surface area (Å²) in [6.45, 7) is 2.04. The van der Waals surface area contributed by atoms with Gasteiger partial charge in [-0.15, -0.1) is 0 Å². The first-order valence-electron chi connectivity index (χ1n) is 9.38. The van der Waals surface area contributed by atoms with Crippen molar-refractivity contribution in [3.8, 4) is 10.6 Å². The molecular formula is C19H20F2N6S. The number of piperidine rings is 1. The fourth-order valence-electron chi connectivity index (χ4n) is 3.92. The first-order chi connectivity index (χ1) is 13.6. The predicted molar refractivity (Wildman–Crippen MR) is 105 cm³/mol. The van der Waals surface area contributed by atoms with Gasteiger partial charge in [0.1, 0.15) is 5.01 Å². The number of rotatable bonds is 4. The zero-order chi connectivity index (χ0) is 19.3. The molecule has 5 rings (SSSR count). The van der Waals surface area contributed by atoms with E-state index in [1.807, 2.05) is 23.0 Å². The number of halogens is 2. The van der Waals surface area contributed by atoms with Gasteiger partial charge in [-0.05, 0) is 43.6 Å². The lowest BCUT2D eigenvalue weighted by Gasteiger charge is -2.20. The minimum Gasteiger partial charge on any atom is -0.317 e. The van der Waals surface area contributed by atoms with Crippen LogP contribution in [0, 0.1) is 0 Å². The fraction of sp³-hybridized carbons (Fsp3) is 0.421. The summed E-state index contributed by atoms with van der Waals surface area (Å²) in [5, 5.41) is 14.0. The smallest absolute Gasteiger partial charge is 0.242 e. The van der Waals surface area contributed by atoms with Gasteiger partial charge >= 0.3 is 0 Å². The molecule has 0 atom stereocenters. The van der Waals surface area contributed by atoms with Crippen molar-refractivity contribution in [1.29, 1.82) is 0 Å². The van der Waals surface area contributed by atoms with Crippen LogP contribution < -0.4 is 5.32 Å². The van der Waals surface area contributed by atoms with E-state index in [9.17, 15) is 8.78 Å². The Morgan fingerprint density at radius 1 is 1.21 bits per heavy atom. The molecule has 3 aromatic heterocycles. The van der Waals surface area contributed by atoms with Crippen LogP contribution in [0.3, 0.4) is 0 Å². The van der Waals surface area contributed by atoms with Crippen molar-refractivity contribution in [2.24, 2.45) is 7.05 Å². The van der Waals surface area contributed by atoms with Crippen molar-refractivity contribution in [3.63, 3.8) is 0 Å². The quantitative estimate of drug-likeness (QED) is 0.566. The van der Waals surface area contributed by atoms with E-state index in [1.165, 1.54) is 11.3 Å². The molecule has 146 valence electrons. The predicted octanol–water partition coefficient (Wildman–Crippen LogP) is 3.62. The Labute approximate surface area is 164 Å². The molecule has 0 radical (unpaired) electrons. The first kappa shape index (κ1) is 17.7. The monoisotopic (exact) mass is 402 g/mol. The van der Waals surface area contributed by atoms with Crippen molar-refractivity contribution >= 4 is 27.2 Å². The number of alkyl halides is 2. The molecule has 1 aliphatic rings. The highest BCUT2D eigenvalue weighted by Crippen LogP contribution is 2.32. The summed E-state index contributed by atoms with van der Waals surface area (Å²) in [5.41, 5.74) is 3.09. The van der Waals surface area contributed by atoms with Crippen LogP contribution in [-0.4, -0.2) is 43.9 Å². The Bertz CT molecular complexity index is 1110. The van der Waals surface area contributed by atoms with Crippen molar-refractivity contribution in [3.05, 3.63) is 35.8 Å². The van der Waals surface area contributed by atoms with Gasteiger partial charge < -0.3 is 5.32 Å². The Morgan fingerprint density at radius 2 is 2.04 bits per heavy atom. The van der Waals surface area contributed by atoms with E-state index in [-0.39, 0.29) is 6.42 Å². The van der Waals surface area contributed by atoms with Gasteiger partial charge in [-0.1, -0.05) is 11.3 Å². The SMILES string of the molecule is Cn1cc2cc(-c3nn4cc(C5CCNCC5)nc4s3)cc(CC(F)F)c2n1. The van der Waals surface area contributed by atoms with Crippen LogP contribution in [0.2, 0.25) is 0 Å². The summed E-state index contributed by atoms with van der Waals surface area (Å²) < 4.78 is 29.6. The molecule has 0 unspecified atom stereocenters. The molecule has 1 aromatic carbocycles. The summed E-state index contributed by atoms with van der Waals surface area (Å²) in [5.74, 6) is 0.475. The number of nitrogens with one attached hydrogen (secondary N) is 1. The van der Waals surface area contributed by atoms with E-state index < -0.39 is 6.43 Å². The van der Waals surface area contributed by atoms with Crippen LogP contribution in [0.15, 0.2) is 24.5 Å². The molecule has 0 spiro atoms. The van der Waals surface area contributed by atoms with E-state index in [0.717, 1.165) is 52.5 Å². The highest BCUT2D eigenvalue weighted by Gasteiger charge is 2.20. The van der Waals surface area contributed by atoms with Crippen LogP contribution in [0.1, 0.15) is 30.0 Å².